The lowest BCUT2D eigenvalue weighted by Gasteiger charge is -2.20. The van der Waals surface area contributed by atoms with Gasteiger partial charge in [-0.15, -0.1) is 12.4 Å². The third-order valence-corrected chi connectivity index (χ3v) is 3.22. The lowest BCUT2D eigenvalue weighted by molar-refractivity contribution is -0.124. The molecule has 0 bridgehead atoms. The van der Waals surface area contributed by atoms with Crippen LogP contribution < -0.4 is 11.1 Å². The number of hydrogen-bond acceptors (Lipinski definition) is 3. The molecule has 0 aliphatic carbocycles. The van der Waals surface area contributed by atoms with Gasteiger partial charge in [-0.3, -0.25) is 9.89 Å². The minimum absolute atomic E-state index is 0. The second kappa shape index (κ2) is 8.17. The minimum atomic E-state index is -0.432. The van der Waals surface area contributed by atoms with E-state index in [1.165, 1.54) is 0 Å². The summed E-state index contributed by atoms with van der Waals surface area (Å²) in [7, 11) is 0. The molecule has 0 radical (unpaired) electrons. The average molecular weight is 289 g/mol. The van der Waals surface area contributed by atoms with Gasteiger partial charge in [-0.25, -0.2) is 0 Å². The standard InChI is InChI=1S/C13H24N4O.ClH/c1-5-8(2)12(14)13(18)15-9(3)6-11-7-10(4)16-17-11;/h7-9,12H,5-6,14H2,1-4H3,(H,15,18)(H,16,17);1H. The number of aromatic amines is 1. The van der Waals surface area contributed by atoms with E-state index in [1.54, 1.807) is 0 Å². The van der Waals surface area contributed by atoms with Crippen molar-refractivity contribution in [2.45, 2.75) is 52.6 Å². The smallest absolute Gasteiger partial charge is 0.237 e. The van der Waals surface area contributed by atoms with Crippen LogP contribution in [0.25, 0.3) is 0 Å². The SMILES string of the molecule is CCC(C)C(N)C(=O)NC(C)Cc1cc(C)[nH]n1.Cl. The summed E-state index contributed by atoms with van der Waals surface area (Å²) < 4.78 is 0. The predicted octanol–water partition coefficient (Wildman–Crippen LogP) is 1.56. The predicted molar refractivity (Wildman–Crippen MR) is 79.3 cm³/mol. The molecule has 0 spiro atoms. The average Bonchev–Trinajstić information content (AvgIpc) is 2.72. The Kier molecular flexibility index (Phi) is 7.71. The maximum atomic E-state index is 11.9. The third-order valence-electron chi connectivity index (χ3n) is 3.22. The van der Waals surface area contributed by atoms with Crippen molar-refractivity contribution in [2.24, 2.45) is 11.7 Å². The van der Waals surface area contributed by atoms with Gasteiger partial charge in [0.15, 0.2) is 0 Å². The van der Waals surface area contributed by atoms with Crippen molar-refractivity contribution in [1.29, 1.82) is 0 Å². The summed E-state index contributed by atoms with van der Waals surface area (Å²) in [5.74, 6) is 0.119. The van der Waals surface area contributed by atoms with Gasteiger partial charge < -0.3 is 11.1 Å². The van der Waals surface area contributed by atoms with Crippen LogP contribution in [-0.4, -0.2) is 28.2 Å². The second-order valence-corrected chi connectivity index (χ2v) is 5.07. The molecule has 0 aromatic carbocycles. The van der Waals surface area contributed by atoms with Crippen LogP contribution in [0.1, 0.15) is 38.6 Å². The van der Waals surface area contributed by atoms with Crippen LogP contribution in [0.15, 0.2) is 6.07 Å². The molecule has 0 saturated heterocycles. The Labute approximate surface area is 121 Å². The van der Waals surface area contributed by atoms with Gasteiger partial charge in [0.25, 0.3) is 0 Å². The number of carbonyl (C=O) groups excluding carboxylic acids is 1. The quantitative estimate of drug-likeness (QED) is 0.743. The fraction of sp³-hybridized carbons (Fsp3) is 0.692. The molecule has 5 nitrogen and oxygen atoms in total. The first-order chi connectivity index (χ1) is 8.43. The van der Waals surface area contributed by atoms with Crippen LogP contribution in [0, 0.1) is 12.8 Å². The molecular weight excluding hydrogens is 264 g/mol. The summed E-state index contributed by atoms with van der Waals surface area (Å²) in [6, 6.07) is 1.59. The van der Waals surface area contributed by atoms with E-state index in [2.05, 4.69) is 15.5 Å². The molecule has 3 unspecified atom stereocenters. The molecule has 1 amide bonds. The molecule has 4 N–H and O–H groups in total. The van der Waals surface area contributed by atoms with E-state index in [1.807, 2.05) is 33.8 Å². The molecule has 1 aromatic rings. The highest BCUT2D eigenvalue weighted by atomic mass is 35.5. The molecule has 110 valence electrons. The molecule has 6 heteroatoms. The van der Waals surface area contributed by atoms with Crippen LogP contribution >= 0.6 is 12.4 Å². The Morgan fingerprint density at radius 3 is 2.63 bits per heavy atom. The summed E-state index contributed by atoms with van der Waals surface area (Å²) in [6.07, 6.45) is 1.62. The van der Waals surface area contributed by atoms with E-state index in [9.17, 15) is 4.79 Å². The Morgan fingerprint density at radius 1 is 1.53 bits per heavy atom. The maximum Gasteiger partial charge on any atom is 0.237 e. The highest BCUT2D eigenvalue weighted by Gasteiger charge is 2.20. The Balaban J connectivity index is 0.00000324. The topological polar surface area (TPSA) is 83.8 Å². The Bertz CT molecular complexity index is 394. The van der Waals surface area contributed by atoms with Gasteiger partial charge in [-0.1, -0.05) is 20.3 Å². The first-order valence-electron chi connectivity index (χ1n) is 6.50. The zero-order chi connectivity index (χ0) is 13.7. The number of aryl methyl sites for hydroxylation is 1. The number of aromatic nitrogens is 2. The normalized spacial score (nSPS) is 15.2. The zero-order valence-electron chi connectivity index (χ0n) is 12.1. The number of nitrogens with zero attached hydrogens (tertiary/aromatic N) is 1. The van der Waals surface area contributed by atoms with Crippen molar-refractivity contribution < 1.29 is 4.79 Å². The summed E-state index contributed by atoms with van der Waals surface area (Å²) in [4.78, 5) is 11.9. The number of carbonyl (C=O) groups is 1. The van der Waals surface area contributed by atoms with Crippen LogP contribution in [0.2, 0.25) is 0 Å². The Morgan fingerprint density at radius 2 is 2.16 bits per heavy atom. The van der Waals surface area contributed by atoms with E-state index >= 15 is 0 Å². The number of amides is 1. The van der Waals surface area contributed by atoms with E-state index in [-0.39, 0.29) is 30.3 Å². The van der Waals surface area contributed by atoms with Gasteiger partial charge in [0.1, 0.15) is 0 Å². The van der Waals surface area contributed by atoms with Gasteiger partial charge in [0.05, 0.1) is 11.7 Å². The van der Waals surface area contributed by atoms with Gasteiger partial charge in [0.2, 0.25) is 5.91 Å². The van der Waals surface area contributed by atoms with Crippen LogP contribution in [-0.2, 0) is 11.2 Å². The van der Waals surface area contributed by atoms with Crippen molar-refractivity contribution in [1.82, 2.24) is 15.5 Å². The molecule has 3 atom stereocenters. The molecule has 19 heavy (non-hydrogen) atoms. The van der Waals surface area contributed by atoms with E-state index in [4.69, 9.17) is 5.73 Å². The van der Waals surface area contributed by atoms with Crippen LogP contribution in [0.3, 0.4) is 0 Å². The van der Waals surface area contributed by atoms with E-state index in [0.29, 0.717) is 6.42 Å². The molecule has 0 aliphatic rings. The minimum Gasteiger partial charge on any atom is -0.352 e. The van der Waals surface area contributed by atoms with Gasteiger partial charge in [-0.05, 0) is 25.8 Å². The van der Waals surface area contributed by atoms with Gasteiger partial charge in [-0.2, -0.15) is 5.10 Å². The van der Waals surface area contributed by atoms with Gasteiger partial charge >= 0.3 is 0 Å². The lowest BCUT2D eigenvalue weighted by atomic mass is 9.99. The molecule has 0 saturated carbocycles. The first kappa shape index (κ1) is 17.9. The maximum absolute atomic E-state index is 11.9. The number of rotatable bonds is 6. The molecule has 1 heterocycles. The highest BCUT2D eigenvalue weighted by Crippen LogP contribution is 2.06. The lowest BCUT2D eigenvalue weighted by Crippen LogP contribution is -2.48. The second-order valence-electron chi connectivity index (χ2n) is 5.07. The number of hydrogen-bond donors (Lipinski definition) is 3. The fourth-order valence-corrected chi connectivity index (χ4v) is 1.80. The number of nitrogens with one attached hydrogen (secondary N) is 2. The summed E-state index contributed by atoms with van der Waals surface area (Å²) in [5.41, 5.74) is 7.87. The molecule has 0 fully saturated rings. The number of nitrogens with two attached hydrogens (primary N) is 1. The van der Waals surface area contributed by atoms with Crippen molar-refractivity contribution in [3.63, 3.8) is 0 Å². The summed E-state index contributed by atoms with van der Waals surface area (Å²) in [5, 5.41) is 9.98. The van der Waals surface area contributed by atoms with Crippen LogP contribution in [0.5, 0.6) is 0 Å². The summed E-state index contributed by atoms with van der Waals surface area (Å²) in [6.45, 7) is 7.95. The van der Waals surface area contributed by atoms with Crippen molar-refractivity contribution in [2.75, 3.05) is 0 Å². The number of H-pyrrole nitrogens is 1. The van der Waals surface area contributed by atoms with E-state index < -0.39 is 6.04 Å². The van der Waals surface area contributed by atoms with Crippen LogP contribution in [0.4, 0.5) is 0 Å². The molecule has 0 aliphatic heterocycles. The highest BCUT2D eigenvalue weighted by molar-refractivity contribution is 5.85. The number of halogens is 1. The molecular formula is C13H25ClN4O. The molecule has 1 rings (SSSR count). The van der Waals surface area contributed by atoms with E-state index in [0.717, 1.165) is 17.8 Å². The Hall–Kier alpha value is -1.07. The third kappa shape index (κ3) is 5.61. The molecule has 1 aromatic heterocycles. The van der Waals surface area contributed by atoms with Crippen molar-refractivity contribution >= 4 is 18.3 Å². The fourth-order valence-electron chi connectivity index (χ4n) is 1.80. The largest absolute Gasteiger partial charge is 0.352 e. The zero-order valence-corrected chi connectivity index (χ0v) is 12.9. The van der Waals surface area contributed by atoms with Crippen molar-refractivity contribution in [3.8, 4) is 0 Å². The monoisotopic (exact) mass is 288 g/mol. The van der Waals surface area contributed by atoms with Crippen molar-refractivity contribution in [3.05, 3.63) is 17.5 Å². The van der Waals surface area contributed by atoms with Gasteiger partial charge in [0, 0.05) is 18.2 Å². The first-order valence-corrected chi connectivity index (χ1v) is 6.50. The summed E-state index contributed by atoms with van der Waals surface area (Å²) >= 11 is 0.